The highest BCUT2D eigenvalue weighted by atomic mass is 16.2. The zero-order valence-corrected chi connectivity index (χ0v) is 21.9. The Labute approximate surface area is 222 Å². The fraction of sp³-hybridized carbons (Fsp3) is 0.536. The van der Waals surface area contributed by atoms with Crippen molar-refractivity contribution in [2.75, 3.05) is 31.5 Å². The molecule has 0 aromatic heterocycles. The third kappa shape index (κ3) is 5.22. The van der Waals surface area contributed by atoms with Crippen LogP contribution in [0.4, 0.5) is 5.69 Å². The number of likely N-dealkylation sites (tertiary alicyclic amines) is 1. The van der Waals surface area contributed by atoms with Gasteiger partial charge in [0.2, 0.25) is 11.8 Å². The van der Waals surface area contributed by atoms with Crippen LogP contribution in [-0.4, -0.2) is 77.9 Å². The van der Waals surface area contributed by atoms with Crippen molar-refractivity contribution < 1.29 is 19.2 Å². The highest BCUT2D eigenvalue weighted by molar-refractivity contribution is 6.25. The molecule has 1 aromatic rings. The normalized spacial score (nSPS) is 24.5. The summed E-state index contributed by atoms with van der Waals surface area (Å²) in [5.41, 5.74) is 8.09. The minimum Gasteiger partial charge on any atom is -0.404 e. The number of nitrogens with two attached hydrogens (primary N) is 1. The molecule has 38 heavy (non-hydrogen) atoms. The highest BCUT2D eigenvalue weighted by Gasteiger charge is 2.45. The van der Waals surface area contributed by atoms with Crippen LogP contribution in [0, 0.1) is 5.41 Å². The maximum absolute atomic E-state index is 13.3. The number of amides is 4. The van der Waals surface area contributed by atoms with Gasteiger partial charge in [-0.05, 0) is 49.7 Å². The molecular formula is C28H36N6O4. The van der Waals surface area contributed by atoms with E-state index in [0.29, 0.717) is 17.6 Å². The van der Waals surface area contributed by atoms with E-state index in [-0.39, 0.29) is 30.0 Å². The lowest BCUT2D eigenvalue weighted by atomic mass is 9.70. The van der Waals surface area contributed by atoms with E-state index < -0.39 is 29.7 Å². The van der Waals surface area contributed by atoms with Crippen LogP contribution in [0.5, 0.6) is 0 Å². The van der Waals surface area contributed by atoms with Gasteiger partial charge in [0.1, 0.15) is 6.04 Å². The van der Waals surface area contributed by atoms with Gasteiger partial charge in [-0.2, -0.15) is 0 Å². The predicted octanol–water partition coefficient (Wildman–Crippen LogP) is 2.07. The first-order valence-corrected chi connectivity index (χ1v) is 13.5. The molecule has 4 amide bonds. The Balaban J connectivity index is 1.18. The van der Waals surface area contributed by atoms with Crippen molar-refractivity contribution in [1.29, 1.82) is 0 Å². The van der Waals surface area contributed by atoms with Gasteiger partial charge in [-0.25, -0.2) is 0 Å². The summed E-state index contributed by atoms with van der Waals surface area (Å²) >= 11 is 0. The van der Waals surface area contributed by atoms with Gasteiger partial charge in [0.05, 0.1) is 17.2 Å². The Kier molecular flexibility index (Phi) is 7.34. The second kappa shape index (κ2) is 10.7. The van der Waals surface area contributed by atoms with E-state index in [0.717, 1.165) is 36.4 Å². The maximum Gasteiger partial charge on any atom is 0.264 e. The number of hydrogen-bond acceptors (Lipinski definition) is 8. The van der Waals surface area contributed by atoms with Crippen LogP contribution in [0.2, 0.25) is 0 Å². The van der Waals surface area contributed by atoms with Crippen molar-refractivity contribution in [2.45, 2.75) is 64.0 Å². The maximum atomic E-state index is 13.3. The van der Waals surface area contributed by atoms with E-state index in [1.54, 1.807) is 24.4 Å². The van der Waals surface area contributed by atoms with Crippen LogP contribution in [0.25, 0.3) is 0 Å². The molecule has 0 radical (unpaired) electrons. The molecule has 3 fully saturated rings. The quantitative estimate of drug-likeness (QED) is 0.352. The average molecular weight is 521 g/mol. The lowest BCUT2D eigenvalue weighted by molar-refractivity contribution is -0.136. The number of carbonyl (C=O) groups is 4. The van der Waals surface area contributed by atoms with Gasteiger partial charge in [-0.15, -0.1) is 0 Å². The molecule has 3 heterocycles. The monoisotopic (exact) mass is 520 g/mol. The topological polar surface area (TPSA) is 137 Å². The standard InChI is InChI=1S/C28H36N6O4/c1-28(10-3-11-28)17-33-12-8-19(9-13-33)30-15-18(14-29)16-31-21-5-2-4-20-24(21)27(38)34(26(20)37)22-6-7-23(35)32-25(22)36/h2,4-5,14-15,19,22,31H,3,6-13,16-17,29H2,1H3,(H,32,35,36)/b18-14+,30-15?. The van der Waals surface area contributed by atoms with E-state index in [9.17, 15) is 19.2 Å². The van der Waals surface area contributed by atoms with E-state index in [4.69, 9.17) is 10.7 Å². The number of anilines is 1. The Morgan fingerprint density at radius 1 is 1.16 bits per heavy atom. The second-order valence-electron chi connectivity index (χ2n) is 11.2. The van der Waals surface area contributed by atoms with Crippen LogP contribution >= 0.6 is 0 Å². The molecule has 10 nitrogen and oxygen atoms in total. The molecule has 0 bridgehead atoms. The number of fused-ring (bicyclic) bond motifs is 1. The van der Waals surface area contributed by atoms with Gasteiger partial charge < -0.3 is 16.0 Å². The van der Waals surface area contributed by atoms with E-state index in [1.165, 1.54) is 32.0 Å². The van der Waals surface area contributed by atoms with Crippen molar-refractivity contribution in [1.82, 2.24) is 15.1 Å². The number of piperidine rings is 2. The van der Waals surface area contributed by atoms with Crippen molar-refractivity contribution in [3.63, 3.8) is 0 Å². The number of imide groups is 2. The van der Waals surface area contributed by atoms with Gasteiger partial charge in [0.15, 0.2) is 0 Å². The first-order chi connectivity index (χ1) is 18.3. The molecule has 3 aliphatic heterocycles. The average Bonchev–Trinajstić information content (AvgIpc) is 3.14. The van der Waals surface area contributed by atoms with Crippen LogP contribution in [0.3, 0.4) is 0 Å². The van der Waals surface area contributed by atoms with Crippen molar-refractivity contribution in [3.8, 4) is 0 Å². The smallest absolute Gasteiger partial charge is 0.264 e. The fourth-order valence-corrected chi connectivity index (χ4v) is 5.91. The zero-order valence-electron chi connectivity index (χ0n) is 21.9. The largest absolute Gasteiger partial charge is 0.404 e. The molecule has 0 spiro atoms. The molecule has 1 aromatic carbocycles. The first kappa shape index (κ1) is 26.1. The number of nitrogens with one attached hydrogen (secondary N) is 2. The number of carbonyl (C=O) groups excluding carboxylic acids is 4. The van der Waals surface area contributed by atoms with Crippen LogP contribution < -0.4 is 16.4 Å². The van der Waals surface area contributed by atoms with Gasteiger partial charge in [-0.1, -0.05) is 19.4 Å². The fourth-order valence-electron chi connectivity index (χ4n) is 5.91. The molecule has 1 atom stereocenters. The highest BCUT2D eigenvalue weighted by Crippen LogP contribution is 2.41. The van der Waals surface area contributed by atoms with Crippen molar-refractivity contribution in [2.24, 2.45) is 16.1 Å². The van der Waals surface area contributed by atoms with Crippen molar-refractivity contribution >= 4 is 35.5 Å². The SMILES string of the molecule is CC1(CN2CCC(N=C/C(=C\N)CNc3cccc4c3C(=O)N(C3CCC(=O)NC3=O)C4=O)CC2)CCC1. The molecule has 202 valence electrons. The van der Waals surface area contributed by atoms with E-state index >= 15 is 0 Å². The summed E-state index contributed by atoms with van der Waals surface area (Å²) in [4.78, 5) is 58.5. The summed E-state index contributed by atoms with van der Waals surface area (Å²) < 4.78 is 0. The number of rotatable bonds is 8. The summed E-state index contributed by atoms with van der Waals surface area (Å²) in [6.07, 6.45) is 9.57. The lowest BCUT2D eigenvalue weighted by Gasteiger charge is -2.44. The summed E-state index contributed by atoms with van der Waals surface area (Å²) in [5, 5.41) is 5.44. The third-order valence-electron chi connectivity index (χ3n) is 8.34. The minimum absolute atomic E-state index is 0.0807. The van der Waals surface area contributed by atoms with Crippen LogP contribution in [0.1, 0.15) is 72.6 Å². The lowest BCUT2D eigenvalue weighted by Crippen LogP contribution is -2.54. The number of aliphatic imine (C=N–C) groups is 1. The minimum atomic E-state index is -0.998. The van der Waals surface area contributed by atoms with Gasteiger partial charge in [0.25, 0.3) is 11.8 Å². The van der Waals surface area contributed by atoms with E-state index in [2.05, 4.69) is 22.5 Å². The summed E-state index contributed by atoms with van der Waals surface area (Å²) in [5.74, 6) is -2.10. The zero-order chi connectivity index (χ0) is 26.9. The Morgan fingerprint density at radius 3 is 2.58 bits per heavy atom. The Morgan fingerprint density at radius 2 is 1.92 bits per heavy atom. The summed E-state index contributed by atoms with van der Waals surface area (Å²) in [6, 6.07) is 4.26. The third-order valence-corrected chi connectivity index (χ3v) is 8.34. The number of hydrogen-bond donors (Lipinski definition) is 3. The summed E-state index contributed by atoms with van der Waals surface area (Å²) in [7, 11) is 0. The molecule has 5 rings (SSSR count). The predicted molar refractivity (Wildman–Crippen MR) is 144 cm³/mol. The van der Waals surface area contributed by atoms with Gasteiger partial charge >= 0.3 is 0 Å². The van der Waals surface area contributed by atoms with Crippen LogP contribution in [0.15, 0.2) is 35.0 Å². The van der Waals surface area contributed by atoms with Gasteiger partial charge in [-0.3, -0.25) is 34.4 Å². The van der Waals surface area contributed by atoms with Crippen LogP contribution in [-0.2, 0) is 9.59 Å². The van der Waals surface area contributed by atoms with Gasteiger partial charge in [0, 0.05) is 56.3 Å². The molecule has 1 unspecified atom stereocenters. The molecule has 4 aliphatic rings. The molecular weight excluding hydrogens is 484 g/mol. The molecule has 10 heteroatoms. The summed E-state index contributed by atoms with van der Waals surface area (Å²) in [6.45, 7) is 6.03. The second-order valence-corrected chi connectivity index (χ2v) is 11.2. The Hall–Kier alpha value is -3.53. The molecule has 4 N–H and O–H groups in total. The molecule has 2 saturated heterocycles. The number of benzene rings is 1. The molecule has 1 saturated carbocycles. The first-order valence-electron chi connectivity index (χ1n) is 13.5. The van der Waals surface area contributed by atoms with Crippen molar-refractivity contribution in [3.05, 3.63) is 41.1 Å². The molecule has 1 aliphatic carbocycles. The van der Waals surface area contributed by atoms with E-state index in [1.807, 2.05) is 0 Å². The Bertz CT molecular complexity index is 1200. The number of nitrogens with zero attached hydrogens (tertiary/aromatic N) is 3.